The van der Waals surface area contributed by atoms with Crippen LogP contribution in [-0.2, 0) is 11.2 Å². The van der Waals surface area contributed by atoms with Gasteiger partial charge < -0.3 is 5.32 Å². The molecule has 0 bridgehead atoms. The number of rotatable bonds is 5. The average Bonchev–Trinajstić information content (AvgIpc) is 2.69. The summed E-state index contributed by atoms with van der Waals surface area (Å²) in [5.41, 5.74) is 0. The van der Waals surface area contributed by atoms with Crippen molar-refractivity contribution >= 4 is 29.0 Å². The van der Waals surface area contributed by atoms with Crippen LogP contribution in [0.5, 0.6) is 0 Å². The molecular weight excluding hydrogens is 214 g/mol. The molecule has 1 rings (SSSR count). The predicted molar refractivity (Wildman–Crippen MR) is 64.0 cm³/mol. The number of amides is 1. The Balaban J connectivity index is 2.18. The molecule has 0 unspecified atom stereocenters. The van der Waals surface area contributed by atoms with E-state index in [4.69, 9.17) is 0 Å². The molecule has 1 aromatic heterocycles. The molecule has 0 aliphatic rings. The first-order chi connectivity index (χ1) is 6.74. The number of hydrogen-bond donors (Lipinski definition) is 1. The molecule has 1 amide bonds. The van der Waals surface area contributed by atoms with Gasteiger partial charge in [0.25, 0.3) is 0 Å². The van der Waals surface area contributed by atoms with Gasteiger partial charge in [0.2, 0.25) is 5.91 Å². The number of thiophene rings is 1. The molecular formula is C10H15NOS2. The van der Waals surface area contributed by atoms with Crippen LogP contribution in [0.4, 0.5) is 0 Å². The molecule has 78 valence electrons. The smallest absolute Gasteiger partial charge is 0.232 e. The second kappa shape index (κ2) is 6.09. The van der Waals surface area contributed by atoms with E-state index < -0.39 is 0 Å². The van der Waals surface area contributed by atoms with Crippen molar-refractivity contribution in [3.63, 3.8) is 0 Å². The van der Waals surface area contributed by atoms with Crippen molar-refractivity contribution in [3.8, 4) is 0 Å². The average molecular weight is 229 g/mol. The van der Waals surface area contributed by atoms with Crippen LogP contribution in [0.25, 0.3) is 0 Å². The van der Waals surface area contributed by atoms with Crippen LogP contribution in [0.1, 0.15) is 11.8 Å². The quantitative estimate of drug-likeness (QED) is 0.838. The highest BCUT2D eigenvalue weighted by atomic mass is 32.2. The lowest BCUT2D eigenvalue weighted by molar-refractivity contribution is -0.120. The number of nitrogens with one attached hydrogen (secondary N) is 1. The van der Waals surface area contributed by atoms with Gasteiger partial charge in [0.05, 0.1) is 5.25 Å². The molecule has 0 aliphatic carbocycles. The molecule has 0 saturated carbocycles. The van der Waals surface area contributed by atoms with Crippen molar-refractivity contribution < 1.29 is 4.79 Å². The van der Waals surface area contributed by atoms with Gasteiger partial charge in [-0.15, -0.1) is 11.3 Å². The lowest BCUT2D eigenvalue weighted by atomic mass is 10.3. The topological polar surface area (TPSA) is 29.1 Å². The standard InChI is InChI=1S/C10H15NOS2/c1-8(13-2)10(12)11-6-5-9-4-3-7-14-9/h3-4,7-8H,5-6H2,1-2H3,(H,11,12)/t8-/m0/s1. The first kappa shape index (κ1) is 11.6. The third kappa shape index (κ3) is 3.72. The van der Waals surface area contributed by atoms with Crippen LogP contribution in [-0.4, -0.2) is 24.0 Å². The van der Waals surface area contributed by atoms with E-state index in [1.807, 2.05) is 19.2 Å². The number of carbonyl (C=O) groups is 1. The first-order valence-electron chi connectivity index (χ1n) is 4.57. The fraction of sp³-hybridized carbons (Fsp3) is 0.500. The van der Waals surface area contributed by atoms with Gasteiger partial charge in [-0.1, -0.05) is 6.07 Å². The number of thioether (sulfide) groups is 1. The van der Waals surface area contributed by atoms with Gasteiger partial charge in [0.1, 0.15) is 0 Å². The van der Waals surface area contributed by atoms with E-state index in [1.165, 1.54) is 4.88 Å². The van der Waals surface area contributed by atoms with E-state index in [0.717, 1.165) is 13.0 Å². The summed E-state index contributed by atoms with van der Waals surface area (Å²) in [5, 5.41) is 5.03. The van der Waals surface area contributed by atoms with E-state index in [1.54, 1.807) is 23.1 Å². The monoisotopic (exact) mass is 229 g/mol. The van der Waals surface area contributed by atoms with E-state index >= 15 is 0 Å². The molecule has 0 aliphatic heterocycles. The molecule has 2 nitrogen and oxygen atoms in total. The highest BCUT2D eigenvalue weighted by Gasteiger charge is 2.09. The zero-order valence-corrected chi connectivity index (χ0v) is 10.1. The zero-order chi connectivity index (χ0) is 10.4. The molecule has 0 aromatic carbocycles. The molecule has 1 atom stereocenters. The Morgan fingerprint density at radius 2 is 2.50 bits per heavy atom. The third-order valence-electron chi connectivity index (χ3n) is 1.97. The molecule has 1 aromatic rings. The minimum absolute atomic E-state index is 0.0540. The largest absolute Gasteiger partial charge is 0.355 e. The van der Waals surface area contributed by atoms with Crippen molar-refractivity contribution in [1.29, 1.82) is 0 Å². The van der Waals surface area contributed by atoms with Crippen LogP contribution < -0.4 is 5.32 Å². The van der Waals surface area contributed by atoms with E-state index in [0.29, 0.717) is 0 Å². The summed E-state index contributed by atoms with van der Waals surface area (Å²) in [6.07, 6.45) is 2.88. The highest BCUT2D eigenvalue weighted by molar-refractivity contribution is 7.99. The molecule has 0 saturated heterocycles. The summed E-state index contributed by atoms with van der Waals surface area (Å²) in [7, 11) is 0. The van der Waals surface area contributed by atoms with Gasteiger partial charge in [-0.05, 0) is 31.0 Å². The van der Waals surface area contributed by atoms with E-state index in [9.17, 15) is 4.79 Å². The SMILES string of the molecule is CS[C@@H](C)C(=O)NCCc1cccs1. The van der Waals surface area contributed by atoms with Crippen LogP contribution >= 0.6 is 23.1 Å². The molecule has 0 spiro atoms. The van der Waals surface area contributed by atoms with E-state index in [-0.39, 0.29) is 11.2 Å². The summed E-state index contributed by atoms with van der Waals surface area (Å²) in [5.74, 6) is 0.133. The van der Waals surface area contributed by atoms with Crippen molar-refractivity contribution in [1.82, 2.24) is 5.32 Å². The molecule has 1 heterocycles. The minimum atomic E-state index is 0.0540. The van der Waals surface area contributed by atoms with Crippen LogP contribution in [0.3, 0.4) is 0 Å². The van der Waals surface area contributed by atoms with Crippen LogP contribution in [0, 0.1) is 0 Å². The first-order valence-corrected chi connectivity index (χ1v) is 6.73. The van der Waals surface area contributed by atoms with Crippen molar-refractivity contribution in [2.45, 2.75) is 18.6 Å². The van der Waals surface area contributed by atoms with Crippen molar-refractivity contribution in [2.24, 2.45) is 0 Å². The zero-order valence-electron chi connectivity index (χ0n) is 8.45. The maximum atomic E-state index is 11.4. The fourth-order valence-corrected chi connectivity index (χ4v) is 2.02. The van der Waals surface area contributed by atoms with Crippen molar-refractivity contribution in [2.75, 3.05) is 12.8 Å². The van der Waals surface area contributed by atoms with Gasteiger partial charge in [0.15, 0.2) is 0 Å². The van der Waals surface area contributed by atoms with Gasteiger partial charge in [-0.2, -0.15) is 11.8 Å². The predicted octanol–water partition coefficient (Wildman–Crippen LogP) is 2.16. The lowest BCUT2D eigenvalue weighted by Crippen LogP contribution is -2.32. The van der Waals surface area contributed by atoms with E-state index in [2.05, 4.69) is 16.8 Å². The van der Waals surface area contributed by atoms with Crippen LogP contribution in [0.15, 0.2) is 17.5 Å². The second-order valence-corrected chi connectivity index (χ2v) is 5.21. The maximum absolute atomic E-state index is 11.4. The number of hydrogen-bond acceptors (Lipinski definition) is 3. The second-order valence-electron chi connectivity index (χ2n) is 3.00. The Bertz CT molecular complexity index is 272. The Morgan fingerprint density at radius 3 is 3.07 bits per heavy atom. The normalized spacial score (nSPS) is 12.4. The Labute approximate surface area is 93.1 Å². The summed E-state index contributed by atoms with van der Waals surface area (Å²) in [6, 6.07) is 4.13. The lowest BCUT2D eigenvalue weighted by Gasteiger charge is -2.08. The van der Waals surface area contributed by atoms with Gasteiger partial charge in [-0.3, -0.25) is 4.79 Å². The molecule has 0 fully saturated rings. The van der Waals surface area contributed by atoms with Gasteiger partial charge >= 0.3 is 0 Å². The van der Waals surface area contributed by atoms with Gasteiger partial charge in [0, 0.05) is 11.4 Å². The maximum Gasteiger partial charge on any atom is 0.232 e. The molecule has 1 N–H and O–H groups in total. The highest BCUT2D eigenvalue weighted by Crippen LogP contribution is 2.08. The fourth-order valence-electron chi connectivity index (χ4n) is 1.01. The third-order valence-corrected chi connectivity index (χ3v) is 3.83. The number of carbonyl (C=O) groups excluding carboxylic acids is 1. The molecule has 14 heavy (non-hydrogen) atoms. The summed E-state index contributed by atoms with van der Waals surface area (Å²) < 4.78 is 0. The Kier molecular flexibility index (Phi) is 5.04. The van der Waals surface area contributed by atoms with Crippen LogP contribution in [0.2, 0.25) is 0 Å². The van der Waals surface area contributed by atoms with Crippen molar-refractivity contribution in [3.05, 3.63) is 22.4 Å². The Hall–Kier alpha value is -0.480. The Morgan fingerprint density at radius 1 is 1.71 bits per heavy atom. The summed E-state index contributed by atoms with van der Waals surface area (Å²) in [6.45, 7) is 2.66. The summed E-state index contributed by atoms with van der Waals surface area (Å²) in [4.78, 5) is 12.7. The summed E-state index contributed by atoms with van der Waals surface area (Å²) >= 11 is 3.30. The molecule has 0 radical (unpaired) electrons. The minimum Gasteiger partial charge on any atom is -0.355 e. The molecule has 4 heteroatoms. The van der Waals surface area contributed by atoms with Gasteiger partial charge in [-0.25, -0.2) is 0 Å².